The molecule has 37 heavy (non-hydrogen) atoms. The third-order valence-corrected chi connectivity index (χ3v) is 8.28. The number of ether oxygens (including phenoxy) is 4. The van der Waals surface area contributed by atoms with Crippen molar-refractivity contribution in [3.63, 3.8) is 0 Å². The molecule has 1 atom stereocenters. The van der Waals surface area contributed by atoms with Crippen LogP contribution in [0.2, 0.25) is 0 Å². The van der Waals surface area contributed by atoms with E-state index in [4.69, 9.17) is 18.9 Å². The first-order valence-electron chi connectivity index (χ1n) is 11.2. The maximum absolute atomic E-state index is 13.4. The molecule has 0 saturated heterocycles. The van der Waals surface area contributed by atoms with Gasteiger partial charge in [-0.15, -0.1) is 0 Å². The highest BCUT2D eigenvalue weighted by Crippen LogP contribution is 2.36. The molecule has 194 valence electrons. The van der Waals surface area contributed by atoms with Crippen molar-refractivity contribution in [3.8, 4) is 23.0 Å². The first-order valence-corrected chi connectivity index (χ1v) is 13.7. The Morgan fingerprint density at radius 1 is 0.919 bits per heavy atom. The lowest BCUT2D eigenvalue weighted by atomic mass is 10.1. The van der Waals surface area contributed by atoms with Crippen LogP contribution in [0.1, 0.15) is 18.6 Å². The fraction of sp³-hybridized carbons (Fsp3) is 0.231. The first-order chi connectivity index (χ1) is 17.8. The van der Waals surface area contributed by atoms with E-state index in [0.717, 1.165) is 4.70 Å². The highest BCUT2D eigenvalue weighted by molar-refractivity contribution is 7.91. The summed E-state index contributed by atoms with van der Waals surface area (Å²) in [5.74, 6) is 1.67. The zero-order valence-electron chi connectivity index (χ0n) is 20.7. The number of aromatic nitrogens is 1. The number of anilines is 1. The predicted octanol–water partition coefficient (Wildman–Crippen LogP) is 4.87. The lowest BCUT2D eigenvalue weighted by molar-refractivity contribution is -0.123. The SMILES string of the molecule is CCS(=O)(=O)c1ccc(C(Oc2ccc(OC)cc2)C(=O)Nc2nc3cc(OC)c(OC)cc3s2)cc1. The molecular formula is C26H26N2O7S2. The van der Waals surface area contributed by atoms with Crippen LogP contribution in [0.3, 0.4) is 0 Å². The Morgan fingerprint density at radius 3 is 2.14 bits per heavy atom. The van der Waals surface area contributed by atoms with Crippen LogP contribution < -0.4 is 24.3 Å². The van der Waals surface area contributed by atoms with Crippen molar-refractivity contribution in [2.45, 2.75) is 17.9 Å². The fourth-order valence-corrected chi connectivity index (χ4v) is 5.32. The number of methoxy groups -OCH3 is 3. The van der Waals surface area contributed by atoms with Crippen molar-refractivity contribution in [3.05, 3.63) is 66.2 Å². The molecule has 0 aliphatic heterocycles. The number of benzene rings is 3. The van der Waals surface area contributed by atoms with Gasteiger partial charge in [0.2, 0.25) is 6.10 Å². The van der Waals surface area contributed by atoms with Gasteiger partial charge in [0.1, 0.15) is 11.5 Å². The summed E-state index contributed by atoms with van der Waals surface area (Å²) in [7, 11) is 1.26. The third-order valence-electron chi connectivity index (χ3n) is 5.60. The number of fused-ring (bicyclic) bond motifs is 1. The maximum atomic E-state index is 13.4. The summed E-state index contributed by atoms with van der Waals surface area (Å²) in [5, 5.41) is 3.19. The van der Waals surface area contributed by atoms with Gasteiger partial charge in [-0.05, 0) is 36.4 Å². The van der Waals surface area contributed by atoms with Gasteiger partial charge in [0.05, 0.1) is 42.2 Å². The zero-order chi connectivity index (χ0) is 26.6. The highest BCUT2D eigenvalue weighted by atomic mass is 32.2. The molecule has 1 unspecified atom stereocenters. The van der Waals surface area contributed by atoms with E-state index >= 15 is 0 Å². The highest BCUT2D eigenvalue weighted by Gasteiger charge is 2.25. The van der Waals surface area contributed by atoms with Crippen LogP contribution in [-0.4, -0.2) is 46.4 Å². The third kappa shape index (κ3) is 5.78. The monoisotopic (exact) mass is 542 g/mol. The van der Waals surface area contributed by atoms with Crippen LogP contribution in [0.4, 0.5) is 5.13 Å². The molecule has 0 bridgehead atoms. The lowest BCUT2D eigenvalue weighted by Gasteiger charge is -2.19. The molecule has 0 saturated carbocycles. The van der Waals surface area contributed by atoms with Crippen molar-refractivity contribution >= 4 is 42.4 Å². The number of sulfone groups is 1. The van der Waals surface area contributed by atoms with E-state index in [1.807, 2.05) is 0 Å². The van der Waals surface area contributed by atoms with Gasteiger partial charge in [0.25, 0.3) is 5.91 Å². The Kier molecular flexibility index (Phi) is 7.84. The summed E-state index contributed by atoms with van der Waals surface area (Å²) in [6.45, 7) is 1.58. The van der Waals surface area contributed by atoms with E-state index in [1.54, 1.807) is 69.7 Å². The van der Waals surface area contributed by atoms with Gasteiger partial charge >= 0.3 is 0 Å². The number of amides is 1. The number of carbonyl (C=O) groups excluding carboxylic acids is 1. The minimum atomic E-state index is -3.39. The second kappa shape index (κ2) is 11.1. The molecular weight excluding hydrogens is 516 g/mol. The average molecular weight is 543 g/mol. The van der Waals surface area contributed by atoms with Crippen LogP contribution in [0.5, 0.6) is 23.0 Å². The summed E-state index contributed by atoms with van der Waals surface area (Å²) in [4.78, 5) is 18.1. The molecule has 0 fully saturated rings. The number of nitrogens with zero attached hydrogens (tertiary/aromatic N) is 1. The van der Waals surface area contributed by atoms with Crippen molar-refractivity contribution < 1.29 is 32.2 Å². The zero-order valence-corrected chi connectivity index (χ0v) is 22.3. The summed E-state index contributed by atoms with van der Waals surface area (Å²) >= 11 is 1.28. The molecule has 4 rings (SSSR count). The normalized spacial score (nSPS) is 12.1. The molecule has 0 aliphatic rings. The Labute approximate surface area is 218 Å². The molecule has 0 aliphatic carbocycles. The maximum Gasteiger partial charge on any atom is 0.271 e. The van der Waals surface area contributed by atoms with Gasteiger partial charge in [-0.3, -0.25) is 10.1 Å². The second-order valence-corrected chi connectivity index (χ2v) is 11.1. The van der Waals surface area contributed by atoms with Crippen LogP contribution in [0.15, 0.2) is 65.6 Å². The number of hydrogen-bond acceptors (Lipinski definition) is 9. The van der Waals surface area contributed by atoms with Gasteiger partial charge in [0, 0.05) is 17.7 Å². The minimum absolute atomic E-state index is 0.0220. The van der Waals surface area contributed by atoms with E-state index < -0.39 is 21.8 Å². The molecule has 1 heterocycles. The lowest BCUT2D eigenvalue weighted by Crippen LogP contribution is -2.25. The summed E-state index contributed by atoms with van der Waals surface area (Å²) in [6.07, 6.45) is -1.08. The van der Waals surface area contributed by atoms with Gasteiger partial charge in [-0.25, -0.2) is 13.4 Å². The molecule has 4 aromatic rings. The van der Waals surface area contributed by atoms with Gasteiger partial charge in [-0.2, -0.15) is 0 Å². The standard InChI is InChI=1S/C26H26N2O7S2/c1-5-37(30,31)19-12-6-16(7-13-19)24(35-18-10-8-17(32-2)9-11-18)25(29)28-26-27-20-14-21(33-3)22(34-4)15-23(20)36-26/h6-15,24H,5H2,1-4H3,(H,27,28,29). The number of thiazole rings is 1. The number of hydrogen-bond donors (Lipinski definition) is 1. The Balaban J connectivity index is 1.65. The minimum Gasteiger partial charge on any atom is -0.497 e. The number of nitrogens with one attached hydrogen (secondary N) is 1. The van der Waals surface area contributed by atoms with Gasteiger partial charge in [-0.1, -0.05) is 30.4 Å². The summed E-state index contributed by atoms with van der Waals surface area (Å²) in [6, 6.07) is 16.4. The van der Waals surface area contributed by atoms with Crippen LogP contribution in [0, 0.1) is 0 Å². The number of carbonyl (C=O) groups is 1. The number of rotatable bonds is 10. The quantitative estimate of drug-likeness (QED) is 0.302. The Morgan fingerprint density at radius 2 is 1.54 bits per heavy atom. The summed E-state index contributed by atoms with van der Waals surface area (Å²) < 4.78 is 47.2. The smallest absolute Gasteiger partial charge is 0.271 e. The molecule has 1 amide bonds. The summed E-state index contributed by atoms with van der Waals surface area (Å²) in [5.41, 5.74) is 1.12. The van der Waals surface area contributed by atoms with Crippen molar-refractivity contribution in [1.82, 2.24) is 4.98 Å². The van der Waals surface area contributed by atoms with Crippen LogP contribution in [-0.2, 0) is 14.6 Å². The van der Waals surface area contributed by atoms with Crippen molar-refractivity contribution in [2.75, 3.05) is 32.4 Å². The molecule has 0 spiro atoms. The molecule has 3 aromatic carbocycles. The van der Waals surface area contributed by atoms with Crippen LogP contribution >= 0.6 is 11.3 Å². The van der Waals surface area contributed by atoms with E-state index in [1.165, 1.54) is 30.6 Å². The average Bonchev–Trinajstić information content (AvgIpc) is 3.32. The molecule has 11 heteroatoms. The van der Waals surface area contributed by atoms with E-state index in [0.29, 0.717) is 39.2 Å². The van der Waals surface area contributed by atoms with E-state index in [2.05, 4.69) is 10.3 Å². The fourth-order valence-electron chi connectivity index (χ4n) is 3.56. The van der Waals surface area contributed by atoms with E-state index in [9.17, 15) is 13.2 Å². The van der Waals surface area contributed by atoms with Crippen molar-refractivity contribution in [1.29, 1.82) is 0 Å². The largest absolute Gasteiger partial charge is 0.497 e. The Bertz CT molecular complexity index is 1460. The van der Waals surface area contributed by atoms with Gasteiger partial charge in [0.15, 0.2) is 26.5 Å². The molecule has 0 radical (unpaired) electrons. The van der Waals surface area contributed by atoms with Crippen LogP contribution in [0.25, 0.3) is 10.2 Å². The molecule has 1 N–H and O–H groups in total. The van der Waals surface area contributed by atoms with Crippen molar-refractivity contribution in [2.24, 2.45) is 0 Å². The molecule has 1 aromatic heterocycles. The first kappa shape index (κ1) is 26.2. The van der Waals surface area contributed by atoms with Gasteiger partial charge < -0.3 is 18.9 Å². The van der Waals surface area contributed by atoms with E-state index in [-0.39, 0.29) is 10.6 Å². The predicted molar refractivity (Wildman–Crippen MR) is 142 cm³/mol. The Hall–Kier alpha value is -3.83. The molecule has 9 nitrogen and oxygen atoms in total. The topological polar surface area (TPSA) is 113 Å². The second-order valence-electron chi connectivity index (χ2n) is 7.83.